The Hall–Kier alpha value is -3.80. The Morgan fingerprint density at radius 2 is 2.15 bits per heavy atom. The molecule has 4 aromatic rings. The van der Waals surface area contributed by atoms with Gasteiger partial charge < -0.3 is 14.7 Å². The molecule has 202 valence electrons. The molecule has 0 aromatic carbocycles. The van der Waals surface area contributed by atoms with Gasteiger partial charge in [-0.3, -0.25) is 19.4 Å². The highest BCUT2D eigenvalue weighted by Gasteiger charge is 2.36. The fraction of sp³-hybridized carbons (Fsp3) is 0.333. The molecule has 10 nitrogen and oxygen atoms in total. The van der Waals surface area contributed by atoms with Gasteiger partial charge in [-0.25, -0.2) is 8.91 Å². The van der Waals surface area contributed by atoms with Gasteiger partial charge in [-0.05, 0) is 36.8 Å². The third-order valence-electron chi connectivity index (χ3n) is 7.43. The van der Waals surface area contributed by atoms with Gasteiger partial charge in [0.05, 0.1) is 41.0 Å². The third-order valence-corrected chi connectivity index (χ3v) is 7.71. The van der Waals surface area contributed by atoms with E-state index in [1.54, 1.807) is 9.42 Å². The number of amides is 1. The minimum atomic E-state index is -1.06. The SMILES string of the molecule is C=CC(=O)N1CC(N2CCn3nc(-c4cc(OCC(O)c5ccc(F)cn5)c5c(Cl)cnn5c4)c(C)c3C2)C1. The average Bonchev–Trinajstić information content (AvgIpc) is 3.46. The fourth-order valence-electron chi connectivity index (χ4n) is 5.17. The molecule has 1 atom stereocenters. The van der Waals surface area contributed by atoms with Crippen LogP contribution in [0.15, 0.2) is 49.4 Å². The number of carbonyl (C=O) groups excluding carboxylic acids is 1. The highest BCUT2D eigenvalue weighted by atomic mass is 35.5. The third kappa shape index (κ3) is 4.66. The van der Waals surface area contributed by atoms with E-state index in [1.165, 1.54) is 24.4 Å². The summed E-state index contributed by atoms with van der Waals surface area (Å²) in [5, 5.41) is 20.2. The maximum Gasteiger partial charge on any atom is 0.246 e. The van der Waals surface area contributed by atoms with Crippen LogP contribution in [0.25, 0.3) is 16.8 Å². The minimum Gasteiger partial charge on any atom is -0.488 e. The number of pyridine rings is 2. The predicted octanol–water partition coefficient (Wildman–Crippen LogP) is 3.02. The molecule has 2 aliphatic heterocycles. The van der Waals surface area contributed by atoms with E-state index in [9.17, 15) is 14.3 Å². The largest absolute Gasteiger partial charge is 0.488 e. The lowest BCUT2D eigenvalue weighted by atomic mass is 10.0. The Bertz CT molecular complexity index is 1560. The van der Waals surface area contributed by atoms with E-state index in [1.807, 2.05) is 16.9 Å². The van der Waals surface area contributed by atoms with Crippen LogP contribution in [0, 0.1) is 12.7 Å². The number of carbonyl (C=O) groups is 1. The van der Waals surface area contributed by atoms with E-state index in [0.717, 1.165) is 48.3 Å². The van der Waals surface area contributed by atoms with Crippen molar-refractivity contribution in [2.75, 3.05) is 26.2 Å². The van der Waals surface area contributed by atoms with Gasteiger partial charge in [0.15, 0.2) is 0 Å². The Labute approximate surface area is 228 Å². The van der Waals surface area contributed by atoms with Crippen molar-refractivity contribution in [3.8, 4) is 17.0 Å². The standard InChI is InChI=1S/C27H27ClFN7O3/c1-3-25(38)34-12-19(13-34)33-6-7-35-22(14-33)16(2)26(32-35)17-8-24(27-20(28)10-31-36(27)11-17)39-15-23(37)21-5-4-18(29)9-30-21/h3-5,8-11,19,23,37H,1,6-7,12-15H2,2H3. The normalized spacial score (nSPS) is 16.7. The lowest BCUT2D eigenvalue weighted by Crippen LogP contribution is -2.61. The van der Waals surface area contributed by atoms with E-state index >= 15 is 0 Å². The molecule has 1 N–H and O–H groups in total. The maximum atomic E-state index is 13.2. The monoisotopic (exact) mass is 551 g/mol. The molecule has 0 saturated carbocycles. The van der Waals surface area contributed by atoms with Crippen molar-refractivity contribution in [1.82, 2.24) is 34.2 Å². The van der Waals surface area contributed by atoms with Crippen molar-refractivity contribution in [2.45, 2.75) is 32.2 Å². The topological polar surface area (TPSA) is 101 Å². The molecule has 0 aliphatic carbocycles. The van der Waals surface area contributed by atoms with Gasteiger partial charge in [0.1, 0.15) is 29.8 Å². The van der Waals surface area contributed by atoms with Crippen molar-refractivity contribution in [1.29, 1.82) is 0 Å². The zero-order chi connectivity index (χ0) is 27.3. The molecule has 6 heterocycles. The summed E-state index contributed by atoms with van der Waals surface area (Å²) < 4.78 is 22.9. The van der Waals surface area contributed by atoms with Crippen LogP contribution in [0.2, 0.25) is 5.02 Å². The Kier molecular flexibility index (Phi) is 6.57. The molecule has 6 rings (SSSR count). The van der Waals surface area contributed by atoms with Crippen LogP contribution in [0.5, 0.6) is 5.75 Å². The first-order valence-corrected chi connectivity index (χ1v) is 13.0. The molecular formula is C27H27ClFN7O3. The van der Waals surface area contributed by atoms with E-state index < -0.39 is 11.9 Å². The number of aliphatic hydroxyl groups is 1. The lowest BCUT2D eigenvalue weighted by Gasteiger charge is -2.46. The molecule has 4 aromatic heterocycles. The summed E-state index contributed by atoms with van der Waals surface area (Å²) in [6.45, 7) is 9.28. The zero-order valence-electron chi connectivity index (χ0n) is 21.3. The molecule has 1 saturated heterocycles. The number of hydrogen-bond donors (Lipinski definition) is 1. The Morgan fingerprint density at radius 3 is 2.90 bits per heavy atom. The number of ether oxygens (including phenoxy) is 1. The van der Waals surface area contributed by atoms with Crippen LogP contribution in [0.4, 0.5) is 4.39 Å². The van der Waals surface area contributed by atoms with Crippen molar-refractivity contribution < 1.29 is 19.0 Å². The van der Waals surface area contributed by atoms with Gasteiger partial charge in [-0.2, -0.15) is 10.2 Å². The number of likely N-dealkylation sites (tertiary alicyclic amines) is 1. The first kappa shape index (κ1) is 25.5. The summed E-state index contributed by atoms with van der Waals surface area (Å²) in [6.07, 6.45) is 4.74. The quantitative estimate of drug-likeness (QED) is 0.352. The van der Waals surface area contributed by atoms with Crippen molar-refractivity contribution in [3.63, 3.8) is 0 Å². The fourth-order valence-corrected chi connectivity index (χ4v) is 5.40. The molecule has 0 spiro atoms. The second-order valence-corrected chi connectivity index (χ2v) is 10.2. The second kappa shape index (κ2) is 10.1. The molecule has 1 unspecified atom stereocenters. The first-order valence-electron chi connectivity index (χ1n) is 12.6. The molecule has 2 aliphatic rings. The number of aliphatic hydroxyl groups excluding tert-OH is 1. The van der Waals surface area contributed by atoms with E-state index in [2.05, 4.69) is 28.5 Å². The molecule has 1 amide bonds. The highest BCUT2D eigenvalue weighted by molar-refractivity contribution is 6.34. The lowest BCUT2D eigenvalue weighted by molar-refractivity contribution is -0.133. The second-order valence-electron chi connectivity index (χ2n) is 9.82. The Balaban J connectivity index is 1.25. The summed E-state index contributed by atoms with van der Waals surface area (Å²) in [7, 11) is 0. The number of hydrogen-bond acceptors (Lipinski definition) is 7. The van der Waals surface area contributed by atoms with Crippen LogP contribution in [0.1, 0.15) is 23.1 Å². The number of halogens is 2. The van der Waals surface area contributed by atoms with Crippen LogP contribution >= 0.6 is 11.6 Å². The van der Waals surface area contributed by atoms with Crippen LogP contribution < -0.4 is 4.74 Å². The first-order chi connectivity index (χ1) is 18.8. The van der Waals surface area contributed by atoms with Crippen LogP contribution in [-0.4, -0.2) is 77.5 Å². The number of fused-ring (bicyclic) bond motifs is 2. The minimum absolute atomic E-state index is 0.0274. The summed E-state index contributed by atoms with van der Waals surface area (Å²) in [5.41, 5.74) is 4.65. The van der Waals surface area contributed by atoms with E-state index in [4.69, 9.17) is 21.4 Å². The van der Waals surface area contributed by atoms with Gasteiger partial charge in [-0.1, -0.05) is 18.2 Å². The van der Waals surface area contributed by atoms with Crippen molar-refractivity contribution >= 4 is 23.0 Å². The summed E-state index contributed by atoms with van der Waals surface area (Å²) in [6, 6.07) is 4.83. The molecular weight excluding hydrogens is 525 g/mol. The van der Waals surface area contributed by atoms with Gasteiger partial charge in [-0.15, -0.1) is 0 Å². The molecule has 12 heteroatoms. The summed E-state index contributed by atoms with van der Waals surface area (Å²) in [4.78, 5) is 20.0. The number of nitrogens with zero attached hydrogens (tertiary/aromatic N) is 7. The van der Waals surface area contributed by atoms with Crippen molar-refractivity contribution in [3.05, 3.63) is 77.2 Å². The molecule has 39 heavy (non-hydrogen) atoms. The van der Waals surface area contributed by atoms with E-state index in [-0.39, 0.29) is 12.5 Å². The van der Waals surface area contributed by atoms with E-state index in [0.29, 0.717) is 41.1 Å². The van der Waals surface area contributed by atoms with Gasteiger partial charge >= 0.3 is 0 Å². The highest BCUT2D eigenvalue weighted by Crippen LogP contribution is 2.35. The van der Waals surface area contributed by atoms with Crippen molar-refractivity contribution in [2.24, 2.45) is 0 Å². The number of rotatable bonds is 7. The van der Waals surface area contributed by atoms with Crippen LogP contribution in [0.3, 0.4) is 0 Å². The smallest absolute Gasteiger partial charge is 0.246 e. The maximum absolute atomic E-state index is 13.2. The van der Waals surface area contributed by atoms with Gasteiger partial charge in [0.25, 0.3) is 0 Å². The Morgan fingerprint density at radius 1 is 1.33 bits per heavy atom. The molecule has 0 bridgehead atoms. The zero-order valence-corrected chi connectivity index (χ0v) is 22.1. The number of aromatic nitrogens is 5. The molecule has 0 radical (unpaired) electrons. The molecule has 1 fully saturated rings. The summed E-state index contributed by atoms with van der Waals surface area (Å²) >= 11 is 6.41. The van der Waals surface area contributed by atoms with Gasteiger partial charge in [0.2, 0.25) is 5.91 Å². The van der Waals surface area contributed by atoms with Crippen LogP contribution in [-0.2, 0) is 17.9 Å². The van der Waals surface area contributed by atoms with Gasteiger partial charge in [0, 0.05) is 44.0 Å². The average molecular weight is 552 g/mol. The summed E-state index contributed by atoms with van der Waals surface area (Å²) in [5.74, 6) is -0.0732. The predicted molar refractivity (Wildman–Crippen MR) is 142 cm³/mol.